The number of azo groups is 1. The van der Waals surface area contributed by atoms with Crippen LogP contribution in [0.3, 0.4) is 0 Å². The third-order valence-electron chi connectivity index (χ3n) is 3.54. The van der Waals surface area contributed by atoms with Crippen molar-refractivity contribution in [1.82, 2.24) is 9.38 Å². The zero-order valence-electron chi connectivity index (χ0n) is 12.8. The molecule has 0 saturated heterocycles. The van der Waals surface area contributed by atoms with Crippen LogP contribution in [0.2, 0.25) is 0 Å². The minimum atomic E-state index is 0.518. The van der Waals surface area contributed by atoms with Crippen molar-refractivity contribution in [3.63, 3.8) is 0 Å². The third-order valence-corrected chi connectivity index (χ3v) is 4.01. The largest absolute Gasteiger partial charge is 0.282 e. The maximum Gasteiger partial charge on any atom is 0.182 e. The van der Waals surface area contributed by atoms with Gasteiger partial charge in [0.1, 0.15) is 5.65 Å². The lowest BCUT2D eigenvalue weighted by Crippen LogP contribution is -1.84. The summed E-state index contributed by atoms with van der Waals surface area (Å²) in [6, 6.07) is 12.1. The summed E-state index contributed by atoms with van der Waals surface area (Å²) < 4.78 is 2.92. The van der Waals surface area contributed by atoms with Crippen LogP contribution in [0.25, 0.3) is 5.65 Å². The van der Waals surface area contributed by atoms with Gasteiger partial charge < -0.3 is 0 Å². The van der Waals surface area contributed by atoms with E-state index in [1.165, 1.54) is 5.56 Å². The molecule has 1 aromatic carbocycles. The van der Waals surface area contributed by atoms with Gasteiger partial charge in [-0.15, -0.1) is 10.2 Å². The molecule has 2 heterocycles. The highest BCUT2D eigenvalue weighted by molar-refractivity contribution is 9.10. The molecule has 22 heavy (non-hydrogen) atoms. The molecule has 0 amide bonds. The molecule has 3 aromatic rings. The molecule has 3 rings (SSSR count). The van der Waals surface area contributed by atoms with Crippen molar-refractivity contribution >= 4 is 33.1 Å². The van der Waals surface area contributed by atoms with E-state index in [1.807, 2.05) is 41.8 Å². The Morgan fingerprint density at radius 3 is 2.45 bits per heavy atom. The van der Waals surface area contributed by atoms with E-state index in [9.17, 15) is 0 Å². The van der Waals surface area contributed by atoms with E-state index in [4.69, 9.17) is 0 Å². The molecule has 0 radical (unpaired) electrons. The van der Waals surface area contributed by atoms with Crippen LogP contribution in [0.1, 0.15) is 31.0 Å². The molecule has 0 saturated carbocycles. The van der Waals surface area contributed by atoms with E-state index < -0.39 is 0 Å². The standard InChI is InChI=1S/C17H17BrN4/c1-11(2)13-4-7-15(8-5-13)20-21-17-12(3)19-16-9-6-14(18)10-22(16)17/h4-11H,1-3H3. The maximum absolute atomic E-state index is 4.49. The molecule has 0 fully saturated rings. The number of benzene rings is 1. The van der Waals surface area contributed by atoms with Crippen LogP contribution in [0, 0.1) is 6.92 Å². The normalized spacial score (nSPS) is 11.9. The lowest BCUT2D eigenvalue weighted by atomic mass is 10.0. The van der Waals surface area contributed by atoms with Crippen LogP contribution in [0.5, 0.6) is 0 Å². The van der Waals surface area contributed by atoms with Crippen molar-refractivity contribution in [1.29, 1.82) is 0 Å². The minimum Gasteiger partial charge on any atom is -0.282 e. The summed E-state index contributed by atoms with van der Waals surface area (Å²) in [5.41, 5.74) is 3.87. The molecule has 5 heteroatoms. The number of nitrogens with zero attached hydrogens (tertiary/aromatic N) is 4. The van der Waals surface area contributed by atoms with Gasteiger partial charge in [-0.25, -0.2) is 4.98 Å². The molecule has 0 bridgehead atoms. The molecule has 2 aromatic heterocycles. The van der Waals surface area contributed by atoms with Gasteiger partial charge >= 0.3 is 0 Å². The molecular weight excluding hydrogens is 340 g/mol. The van der Waals surface area contributed by atoms with Gasteiger partial charge in [0.15, 0.2) is 5.82 Å². The number of aromatic nitrogens is 2. The van der Waals surface area contributed by atoms with Crippen molar-refractivity contribution < 1.29 is 0 Å². The highest BCUT2D eigenvalue weighted by Gasteiger charge is 2.08. The number of imidazole rings is 1. The fraction of sp³-hybridized carbons (Fsp3) is 0.235. The van der Waals surface area contributed by atoms with E-state index in [0.29, 0.717) is 5.92 Å². The molecule has 0 aliphatic rings. The molecule has 0 N–H and O–H groups in total. The Morgan fingerprint density at radius 1 is 1.05 bits per heavy atom. The number of pyridine rings is 1. The first kappa shape index (κ1) is 14.9. The predicted molar refractivity (Wildman–Crippen MR) is 92.3 cm³/mol. The topological polar surface area (TPSA) is 42.0 Å². The van der Waals surface area contributed by atoms with Crippen molar-refractivity contribution in [3.05, 3.63) is 58.3 Å². The third kappa shape index (κ3) is 2.95. The van der Waals surface area contributed by atoms with Crippen LogP contribution < -0.4 is 0 Å². The Kier molecular flexibility index (Phi) is 4.07. The zero-order valence-corrected chi connectivity index (χ0v) is 14.4. The molecule has 112 valence electrons. The first-order valence-corrected chi connectivity index (χ1v) is 8.00. The van der Waals surface area contributed by atoms with Gasteiger partial charge in [-0.2, -0.15) is 0 Å². The van der Waals surface area contributed by atoms with E-state index >= 15 is 0 Å². The van der Waals surface area contributed by atoms with E-state index in [2.05, 4.69) is 57.1 Å². The van der Waals surface area contributed by atoms with E-state index in [0.717, 1.165) is 27.3 Å². The molecule has 0 aliphatic heterocycles. The summed E-state index contributed by atoms with van der Waals surface area (Å²) in [6.07, 6.45) is 1.95. The quantitative estimate of drug-likeness (QED) is 0.535. The number of hydrogen-bond acceptors (Lipinski definition) is 3. The lowest BCUT2D eigenvalue weighted by Gasteiger charge is -2.04. The predicted octanol–water partition coefficient (Wildman–Crippen LogP) is 5.94. The average Bonchev–Trinajstić information content (AvgIpc) is 2.80. The van der Waals surface area contributed by atoms with Crippen LogP contribution in [-0.4, -0.2) is 9.38 Å². The molecule has 0 unspecified atom stereocenters. The summed E-state index contributed by atoms with van der Waals surface area (Å²) in [6.45, 7) is 6.30. The average molecular weight is 357 g/mol. The second kappa shape index (κ2) is 6.01. The van der Waals surface area contributed by atoms with Gasteiger partial charge in [0.05, 0.1) is 11.4 Å². The van der Waals surface area contributed by atoms with Crippen molar-refractivity contribution in [2.45, 2.75) is 26.7 Å². The van der Waals surface area contributed by atoms with Gasteiger partial charge in [-0.05, 0) is 58.6 Å². The molecule has 4 nitrogen and oxygen atoms in total. The molecule has 0 aliphatic carbocycles. The fourth-order valence-corrected chi connectivity index (χ4v) is 2.61. The Hall–Kier alpha value is -2.01. The summed E-state index contributed by atoms with van der Waals surface area (Å²) in [5, 5.41) is 8.72. The molecule has 0 spiro atoms. The highest BCUT2D eigenvalue weighted by atomic mass is 79.9. The van der Waals surface area contributed by atoms with E-state index in [-0.39, 0.29) is 0 Å². The van der Waals surface area contributed by atoms with Gasteiger partial charge in [-0.3, -0.25) is 4.40 Å². The Bertz CT molecular complexity index is 832. The monoisotopic (exact) mass is 356 g/mol. The van der Waals surface area contributed by atoms with Gasteiger partial charge in [0.2, 0.25) is 0 Å². The Balaban J connectivity index is 1.95. The number of aryl methyl sites for hydroxylation is 1. The maximum atomic E-state index is 4.49. The summed E-state index contributed by atoms with van der Waals surface area (Å²) >= 11 is 3.47. The minimum absolute atomic E-state index is 0.518. The van der Waals surface area contributed by atoms with Gasteiger partial charge in [0.25, 0.3) is 0 Å². The second-order valence-electron chi connectivity index (χ2n) is 5.54. The number of rotatable bonds is 3. The summed E-state index contributed by atoms with van der Waals surface area (Å²) in [5.74, 6) is 1.27. The van der Waals surface area contributed by atoms with Crippen molar-refractivity contribution in [3.8, 4) is 0 Å². The summed E-state index contributed by atoms with van der Waals surface area (Å²) in [7, 11) is 0. The first-order chi connectivity index (χ1) is 10.5. The lowest BCUT2D eigenvalue weighted by molar-refractivity contribution is 0.866. The van der Waals surface area contributed by atoms with Crippen LogP contribution in [0.15, 0.2) is 57.3 Å². The van der Waals surface area contributed by atoms with Crippen molar-refractivity contribution in [2.24, 2.45) is 10.2 Å². The van der Waals surface area contributed by atoms with Crippen molar-refractivity contribution in [2.75, 3.05) is 0 Å². The number of halogens is 1. The second-order valence-corrected chi connectivity index (χ2v) is 6.46. The molecular formula is C17H17BrN4. The van der Waals surface area contributed by atoms with Crippen LogP contribution in [0.4, 0.5) is 11.5 Å². The SMILES string of the molecule is Cc1nc2ccc(Br)cn2c1N=Nc1ccc(C(C)C)cc1. The number of fused-ring (bicyclic) bond motifs is 1. The fourth-order valence-electron chi connectivity index (χ4n) is 2.28. The highest BCUT2D eigenvalue weighted by Crippen LogP contribution is 2.26. The van der Waals surface area contributed by atoms with Gasteiger partial charge in [-0.1, -0.05) is 26.0 Å². The molecule has 0 atom stereocenters. The van der Waals surface area contributed by atoms with Crippen LogP contribution in [-0.2, 0) is 0 Å². The zero-order chi connectivity index (χ0) is 15.7. The van der Waals surface area contributed by atoms with Gasteiger partial charge in [0, 0.05) is 10.7 Å². The van der Waals surface area contributed by atoms with Crippen LogP contribution >= 0.6 is 15.9 Å². The van der Waals surface area contributed by atoms with E-state index in [1.54, 1.807) is 0 Å². The smallest absolute Gasteiger partial charge is 0.182 e. The first-order valence-electron chi connectivity index (χ1n) is 7.20. The Morgan fingerprint density at radius 2 is 1.77 bits per heavy atom. The number of hydrogen-bond donors (Lipinski definition) is 0. The Labute approximate surface area is 138 Å². The summed E-state index contributed by atoms with van der Waals surface area (Å²) in [4.78, 5) is 4.49.